The molecular weight excluding hydrogens is 334 g/mol. The number of hydrogen-bond acceptors (Lipinski definition) is 2. The number of ether oxygens (including phenoxy) is 2. The third kappa shape index (κ3) is 2.95. The zero-order valence-electron chi connectivity index (χ0n) is 15.9. The van der Waals surface area contributed by atoms with Gasteiger partial charge in [-0.3, -0.25) is 0 Å². The Kier molecular flexibility index (Phi) is 4.59. The van der Waals surface area contributed by atoms with Crippen LogP contribution >= 0.6 is 0 Å². The highest BCUT2D eigenvalue weighted by atomic mass is 16.5. The summed E-state index contributed by atoms with van der Waals surface area (Å²) >= 11 is 0. The largest absolute Gasteiger partial charge is 0.497 e. The van der Waals surface area contributed by atoms with Crippen LogP contribution in [0.1, 0.15) is 6.92 Å². The number of rotatable bonds is 5. The van der Waals surface area contributed by atoms with Gasteiger partial charge in [0, 0.05) is 23.6 Å². The third-order valence-electron chi connectivity index (χ3n) is 5.01. The lowest BCUT2D eigenvalue weighted by Gasteiger charge is -2.11. The average Bonchev–Trinajstić information content (AvgIpc) is 3.07. The highest BCUT2D eigenvalue weighted by Crippen LogP contribution is 2.42. The van der Waals surface area contributed by atoms with E-state index in [1.807, 2.05) is 18.2 Å². The molecule has 136 valence electrons. The molecule has 3 aromatic carbocycles. The van der Waals surface area contributed by atoms with E-state index in [4.69, 9.17) is 9.47 Å². The minimum atomic E-state index is 0.862. The van der Waals surface area contributed by atoms with Crippen LogP contribution in [-0.4, -0.2) is 18.8 Å². The van der Waals surface area contributed by atoms with Crippen molar-refractivity contribution in [2.45, 2.75) is 13.5 Å². The van der Waals surface area contributed by atoms with Gasteiger partial charge >= 0.3 is 0 Å². The third-order valence-corrected chi connectivity index (χ3v) is 5.01. The van der Waals surface area contributed by atoms with E-state index in [2.05, 4.69) is 66.1 Å². The molecule has 0 radical (unpaired) electrons. The second-order valence-electron chi connectivity index (χ2n) is 6.45. The number of aryl methyl sites for hydroxylation is 1. The summed E-state index contributed by atoms with van der Waals surface area (Å²) in [6, 6.07) is 25.2. The number of hydrogen-bond donors (Lipinski definition) is 0. The molecule has 0 saturated carbocycles. The molecule has 0 N–H and O–H groups in total. The standard InChI is InChI=1S/C24H23NO2/c1-4-25-22-16-20(27-3)14-15-21(22)23(17-10-12-19(26-2)13-11-17)24(25)18-8-6-5-7-9-18/h5-16H,4H2,1-3H3. The second kappa shape index (κ2) is 7.20. The molecule has 1 heterocycles. The Bertz CT molecular complexity index is 1060. The zero-order chi connectivity index (χ0) is 18.8. The first kappa shape index (κ1) is 17.2. The lowest BCUT2D eigenvalue weighted by atomic mass is 9.98. The summed E-state index contributed by atoms with van der Waals surface area (Å²) in [5, 5.41) is 1.22. The molecule has 0 atom stereocenters. The Morgan fingerprint density at radius 3 is 2.04 bits per heavy atom. The van der Waals surface area contributed by atoms with Crippen molar-refractivity contribution in [3.8, 4) is 33.9 Å². The highest BCUT2D eigenvalue weighted by molar-refractivity contribution is 6.05. The van der Waals surface area contributed by atoms with E-state index < -0.39 is 0 Å². The summed E-state index contributed by atoms with van der Waals surface area (Å²) < 4.78 is 13.2. The maximum atomic E-state index is 5.48. The van der Waals surface area contributed by atoms with E-state index >= 15 is 0 Å². The van der Waals surface area contributed by atoms with Crippen LogP contribution in [0.2, 0.25) is 0 Å². The van der Waals surface area contributed by atoms with Crippen LogP contribution in [0.25, 0.3) is 33.3 Å². The van der Waals surface area contributed by atoms with Gasteiger partial charge in [0.05, 0.1) is 25.4 Å². The second-order valence-corrected chi connectivity index (χ2v) is 6.45. The summed E-state index contributed by atoms with van der Waals surface area (Å²) in [5.74, 6) is 1.73. The fourth-order valence-electron chi connectivity index (χ4n) is 3.73. The number of fused-ring (bicyclic) bond motifs is 1. The summed E-state index contributed by atoms with van der Waals surface area (Å²) in [6.45, 7) is 3.06. The van der Waals surface area contributed by atoms with Gasteiger partial charge in [0.15, 0.2) is 0 Å². The Labute approximate surface area is 159 Å². The molecule has 0 bridgehead atoms. The van der Waals surface area contributed by atoms with Crippen molar-refractivity contribution in [3.63, 3.8) is 0 Å². The van der Waals surface area contributed by atoms with E-state index in [-0.39, 0.29) is 0 Å². The molecule has 0 unspecified atom stereocenters. The molecule has 0 fully saturated rings. The first-order valence-electron chi connectivity index (χ1n) is 9.17. The molecule has 0 aliphatic rings. The lowest BCUT2D eigenvalue weighted by Crippen LogP contribution is -1.97. The van der Waals surface area contributed by atoms with Crippen LogP contribution in [0.5, 0.6) is 11.5 Å². The summed E-state index contributed by atoms with van der Waals surface area (Å²) in [6.07, 6.45) is 0. The molecule has 4 rings (SSSR count). The molecule has 1 aromatic heterocycles. The van der Waals surface area contributed by atoms with Crippen LogP contribution in [0.15, 0.2) is 72.8 Å². The van der Waals surface area contributed by atoms with Gasteiger partial charge < -0.3 is 14.0 Å². The normalized spacial score (nSPS) is 10.9. The zero-order valence-corrected chi connectivity index (χ0v) is 15.9. The summed E-state index contributed by atoms with van der Waals surface area (Å²) in [4.78, 5) is 0. The highest BCUT2D eigenvalue weighted by Gasteiger charge is 2.19. The molecule has 3 nitrogen and oxygen atoms in total. The van der Waals surface area contributed by atoms with Gasteiger partial charge in [-0.25, -0.2) is 0 Å². The van der Waals surface area contributed by atoms with Gasteiger partial charge in [-0.2, -0.15) is 0 Å². The van der Waals surface area contributed by atoms with Crippen LogP contribution in [-0.2, 0) is 6.54 Å². The van der Waals surface area contributed by atoms with E-state index in [9.17, 15) is 0 Å². The molecule has 3 heteroatoms. The molecule has 0 saturated heterocycles. The maximum absolute atomic E-state index is 5.48. The molecule has 27 heavy (non-hydrogen) atoms. The van der Waals surface area contributed by atoms with Crippen molar-refractivity contribution in [1.82, 2.24) is 4.57 Å². The van der Waals surface area contributed by atoms with Crippen molar-refractivity contribution in [1.29, 1.82) is 0 Å². The van der Waals surface area contributed by atoms with Crippen LogP contribution in [0.3, 0.4) is 0 Å². The minimum Gasteiger partial charge on any atom is -0.497 e. The maximum Gasteiger partial charge on any atom is 0.120 e. The topological polar surface area (TPSA) is 23.4 Å². The van der Waals surface area contributed by atoms with Crippen molar-refractivity contribution in [2.75, 3.05) is 14.2 Å². The Hall–Kier alpha value is -3.20. The molecular formula is C24H23NO2. The summed E-state index contributed by atoms with van der Waals surface area (Å²) in [7, 11) is 3.41. The van der Waals surface area contributed by atoms with Crippen LogP contribution in [0, 0.1) is 0 Å². The molecule has 0 amide bonds. The predicted molar refractivity (Wildman–Crippen MR) is 112 cm³/mol. The monoisotopic (exact) mass is 357 g/mol. The van der Waals surface area contributed by atoms with Gasteiger partial charge in [0.1, 0.15) is 11.5 Å². The number of aromatic nitrogens is 1. The van der Waals surface area contributed by atoms with E-state index in [0.717, 1.165) is 18.0 Å². The minimum absolute atomic E-state index is 0.862. The fraction of sp³-hybridized carbons (Fsp3) is 0.167. The molecule has 0 spiro atoms. The van der Waals surface area contributed by atoms with E-state index in [0.29, 0.717) is 0 Å². The van der Waals surface area contributed by atoms with Crippen molar-refractivity contribution in [3.05, 3.63) is 72.8 Å². The lowest BCUT2D eigenvalue weighted by molar-refractivity contribution is 0.415. The van der Waals surface area contributed by atoms with Gasteiger partial charge in [-0.05, 0) is 42.3 Å². The van der Waals surface area contributed by atoms with E-state index in [1.165, 1.54) is 33.3 Å². The predicted octanol–water partition coefficient (Wildman–Crippen LogP) is 6.01. The van der Waals surface area contributed by atoms with Gasteiger partial charge in [-0.15, -0.1) is 0 Å². The summed E-state index contributed by atoms with van der Waals surface area (Å²) in [5.41, 5.74) is 6.04. The SMILES string of the molecule is CCn1c(-c2ccccc2)c(-c2ccc(OC)cc2)c2ccc(OC)cc21. The van der Waals surface area contributed by atoms with Crippen molar-refractivity contribution in [2.24, 2.45) is 0 Å². The average molecular weight is 357 g/mol. The number of methoxy groups -OCH3 is 2. The first-order valence-corrected chi connectivity index (χ1v) is 9.17. The van der Waals surface area contributed by atoms with E-state index in [1.54, 1.807) is 14.2 Å². The molecule has 0 aliphatic carbocycles. The van der Waals surface area contributed by atoms with Gasteiger partial charge in [-0.1, -0.05) is 42.5 Å². The van der Waals surface area contributed by atoms with Gasteiger partial charge in [0.25, 0.3) is 0 Å². The fourth-order valence-corrected chi connectivity index (χ4v) is 3.73. The Balaban J connectivity index is 2.08. The quantitative estimate of drug-likeness (QED) is 0.436. The first-order chi connectivity index (χ1) is 13.3. The van der Waals surface area contributed by atoms with Gasteiger partial charge in [0.2, 0.25) is 0 Å². The molecule has 0 aliphatic heterocycles. The Morgan fingerprint density at radius 1 is 0.741 bits per heavy atom. The Morgan fingerprint density at radius 2 is 1.41 bits per heavy atom. The smallest absolute Gasteiger partial charge is 0.120 e. The van der Waals surface area contributed by atoms with Crippen molar-refractivity contribution >= 4 is 10.9 Å². The number of benzene rings is 3. The van der Waals surface area contributed by atoms with Crippen LogP contribution in [0.4, 0.5) is 0 Å². The number of nitrogens with zero attached hydrogens (tertiary/aromatic N) is 1. The van der Waals surface area contributed by atoms with Crippen molar-refractivity contribution < 1.29 is 9.47 Å². The molecule has 4 aromatic rings. The van der Waals surface area contributed by atoms with Crippen LogP contribution < -0.4 is 9.47 Å².